The zero-order valence-corrected chi connectivity index (χ0v) is 13.4. The first kappa shape index (κ1) is 17.8. The van der Waals surface area contributed by atoms with E-state index in [4.69, 9.17) is 27.9 Å². The number of carbonyl (C=O) groups is 2. The van der Waals surface area contributed by atoms with Gasteiger partial charge in [-0.15, -0.1) is 0 Å². The molecule has 0 aliphatic heterocycles. The molecule has 0 fully saturated rings. The van der Waals surface area contributed by atoms with E-state index < -0.39 is 0 Å². The van der Waals surface area contributed by atoms with Crippen LogP contribution in [0, 0.1) is 0 Å². The van der Waals surface area contributed by atoms with Gasteiger partial charge in [-0.05, 0) is 12.1 Å². The molecule has 21 heavy (non-hydrogen) atoms. The molecular weight excluding hydrogens is 317 g/mol. The van der Waals surface area contributed by atoms with Gasteiger partial charge in [0.05, 0.1) is 35.7 Å². The molecule has 0 saturated heterocycles. The van der Waals surface area contributed by atoms with Crippen LogP contribution >= 0.6 is 23.2 Å². The van der Waals surface area contributed by atoms with Crippen molar-refractivity contribution >= 4 is 35.1 Å². The van der Waals surface area contributed by atoms with Gasteiger partial charge in [0, 0.05) is 20.2 Å². The number of hydrogen-bond acceptors (Lipinski definition) is 4. The van der Waals surface area contributed by atoms with Crippen LogP contribution in [0.1, 0.15) is 16.8 Å². The predicted molar refractivity (Wildman–Crippen MR) is 80.9 cm³/mol. The molecule has 0 aliphatic rings. The fourth-order valence-corrected chi connectivity index (χ4v) is 2.07. The third-order valence-electron chi connectivity index (χ3n) is 2.85. The van der Waals surface area contributed by atoms with Crippen LogP contribution in [-0.4, -0.2) is 50.7 Å². The standard InChI is InChI=1S/C14H17Cl2NO4/c1-20-9-8-17(7-6-12(18)21-2)14(19)10-4-3-5-11(15)13(10)16/h3-5H,6-9H2,1-2H3. The number of hydrogen-bond donors (Lipinski definition) is 0. The molecule has 0 radical (unpaired) electrons. The van der Waals surface area contributed by atoms with E-state index in [0.717, 1.165) is 0 Å². The highest BCUT2D eigenvalue weighted by Gasteiger charge is 2.20. The highest BCUT2D eigenvalue weighted by molar-refractivity contribution is 6.43. The number of halogens is 2. The van der Waals surface area contributed by atoms with Crippen LogP contribution in [0.2, 0.25) is 10.0 Å². The Hall–Kier alpha value is -1.30. The maximum absolute atomic E-state index is 12.5. The van der Waals surface area contributed by atoms with Gasteiger partial charge in [0.25, 0.3) is 5.91 Å². The Morgan fingerprint density at radius 1 is 1.19 bits per heavy atom. The summed E-state index contributed by atoms with van der Waals surface area (Å²) in [7, 11) is 2.84. The second kappa shape index (κ2) is 8.87. The van der Waals surface area contributed by atoms with E-state index in [9.17, 15) is 9.59 Å². The van der Waals surface area contributed by atoms with Gasteiger partial charge in [-0.25, -0.2) is 0 Å². The maximum atomic E-state index is 12.5. The minimum absolute atomic E-state index is 0.101. The monoisotopic (exact) mass is 333 g/mol. The van der Waals surface area contributed by atoms with E-state index in [1.807, 2.05) is 0 Å². The molecule has 0 N–H and O–H groups in total. The van der Waals surface area contributed by atoms with Crippen molar-refractivity contribution in [3.05, 3.63) is 33.8 Å². The van der Waals surface area contributed by atoms with Gasteiger partial charge in [-0.1, -0.05) is 29.3 Å². The van der Waals surface area contributed by atoms with E-state index in [2.05, 4.69) is 4.74 Å². The lowest BCUT2D eigenvalue weighted by Gasteiger charge is -2.22. The van der Waals surface area contributed by atoms with Crippen molar-refractivity contribution in [1.82, 2.24) is 4.90 Å². The van der Waals surface area contributed by atoms with Crippen molar-refractivity contribution in [2.24, 2.45) is 0 Å². The Bertz CT molecular complexity index is 508. The lowest BCUT2D eigenvalue weighted by molar-refractivity contribution is -0.140. The summed E-state index contributed by atoms with van der Waals surface area (Å²) in [6.07, 6.45) is 0.101. The molecule has 0 aliphatic carbocycles. The van der Waals surface area contributed by atoms with Crippen LogP contribution in [0.15, 0.2) is 18.2 Å². The van der Waals surface area contributed by atoms with Crippen LogP contribution in [0.4, 0.5) is 0 Å². The minimum Gasteiger partial charge on any atom is -0.469 e. The fourth-order valence-electron chi connectivity index (χ4n) is 1.68. The van der Waals surface area contributed by atoms with E-state index >= 15 is 0 Å². The summed E-state index contributed by atoms with van der Waals surface area (Å²) in [6.45, 7) is 0.915. The molecule has 1 aromatic rings. The van der Waals surface area contributed by atoms with Gasteiger partial charge in [-0.2, -0.15) is 0 Å². The smallest absolute Gasteiger partial charge is 0.307 e. The summed E-state index contributed by atoms with van der Waals surface area (Å²) in [5.74, 6) is -0.689. The Morgan fingerprint density at radius 3 is 2.52 bits per heavy atom. The predicted octanol–water partition coefficient (Wildman–Crippen LogP) is 2.65. The molecule has 1 rings (SSSR count). The van der Waals surface area contributed by atoms with E-state index in [1.54, 1.807) is 18.2 Å². The average molecular weight is 334 g/mol. The quantitative estimate of drug-likeness (QED) is 0.720. The van der Waals surface area contributed by atoms with Crippen molar-refractivity contribution in [1.29, 1.82) is 0 Å². The van der Waals surface area contributed by atoms with Gasteiger partial charge in [0.2, 0.25) is 0 Å². The van der Waals surface area contributed by atoms with Crippen molar-refractivity contribution in [2.75, 3.05) is 33.9 Å². The molecule has 0 aromatic heterocycles. The fraction of sp³-hybridized carbons (Fsp3) is 0.429. The summed E-state index contributed by atoms with van der Waals surface area (Å²) in [5.41, 5.74) is 0.296. The molecule has 1 aromatic carbocycles. The van der Waals surface area contributed by atoms with Crippen LogP contribution in [-0.2, 0) is 14.3 Å². The number of amides is 1. The summed E-state index contributed by atoms with van der Waals surface area (Å²) < 4.78 is 9.55. The van der Waals surface area contributed by atoms with Crippen molar-refractivity contribution in [2.45, 2.75) is 6.42 Å². The van der Waals surface area contributed by atoms with Crippen LogP contribution < -0.4 is 0 Å². The topological polar surface area (TPSA) is 55.8 Å². The van der Waals surface area contributed by atoms with E-state index in [0.29, 0.717) is 23.7 Å². The second-order valence-electron chi connectivity index (χ2n) is 4.21. The number of nitrogens with zero attached hydrogens (tertiary/aromatic N) is 1. The molecule has 116 valence electrons. The van der Waals surface area contributed by atoms with E-state index in [-0.39, 0.29) is 29.9 Å². The summed E-state index contributed by atoms with van der Waals surface area (Å²) in [6, 6.07) is 4.85. The molecule has 0 atom stereocenters. The minimum atomic E-state index is -0.387. The molecule has 0 heterocycles. The Labute approximate surface area is 133 Å². The maximum Gasteiger partial charge on any atom is 0.307 e. The summed E-state index contributed by atoms with van der Waals surface area (Å²) in [4.78, 5) is 25.2. The number of rotatable bonds is 7. The van der Waals surface area contributed by atoms with Crippen molar-refractivity contribution < 1.29 is 19.1 Å². The van der Waals surface area contributed by atoms with Gasteiger partial charge >= 0.3 is 5.97 Å². The second-order valence-corrected chi connectivity index (χ2v) is 5.00. The Morgan fingerprint density at radius 2 is 1.90 bits per heavy atom. The number of ether oxygens (including phenoxy) is 2. The summed E-state index contributed by atoms with van der Waals surface area (Å²) >= 11 is 12.0. The number of carbonyl (C=O) groups excluding carboxylic acids is 2. The molecule has 0 unspecified atom stereocenters. The molecule has 0 spiro atoms. The molecule has 7 heteroatoms. The third kappa shape index (κ3) is 5.19. The first-order valence-corrected chi connectivity index (χ1v) is 7.06. The van der Waals surface area contributed by atoms with Gasteiger partial charge in [0.1, 0.15) is 0 Å². The lowest BCUT2D eigenvalue weighted by atomic mass is 10.2. The van der Waals surface area contributed by atoms with Gasteiger partial charge in [-0.3, -0.25) is 9.59 Å². The largest absolute Gasteiger partial charge is 0.469 e. The normalized spacial score (nSPS) is 10.3. The number of esters is 1. The molecule has 0 bridgehead atoms. The Balaban J connectivity index is 2.88. The molecule has 1 amide bonds. The van der Waals surface area contributed by atoms with Crippen molar-refractivity contribution in [3.63, 3.8) is 0 Å². The zero-order valence-electron chi connectivity index (χ0n) is 11.9. The Kier molecular flexibility index (Phi) is 7.50. The van der Waals surface area contributed by atoms with E-state index in [1.165, 1.54) is 19.1 Å². The third-order valence-corrected chi connectivity index (χ3v) is 3.67. The van der Waals surface area contributed by atoms with Crippen LogP contribution in [0.5, 0.6) is 0 Å². The number of benzene rings is 1. The molecular formula is C14H17Cl2NO4. The highest BCUT2D eigenvalue weighted by atomic mass is 35.5. The zero-order chi connectivity index (χ0) is 15.8. The van der Waals surface area contributed by atoms with Gasteiger partial charge < -0.3 is 14.4 Å². The van der Waals surface area contributed by atoms with Gasteiger partial charge in [0.15, 0.2) is 0 Å². The van der Waals surface area contributed by atoms with Crippen molar-refractivity contribution in [3.8, 4) is 0 Å². The first-order chi connectivity index (χ1) is 10.0. The molecule has 0 saturated carbocycles. The van der Waals surface area contributed by atoms with Crippen LogP contribution in [0.25, 0.3) is 0 Å². The average Bonchev–Trinajstić information content (AvgIpc) is 2.49. The lowest BCUT2D eigenvalue weighted by Crippen LogP contribution is -2.36. The first-order valence-electron chi connectivity index (χ1n) is 6.30. The highest BCUT2D eigenvalue weighted by Crippen LogP contribution is 2.26. The van der Waals surface area contributed by atoms with Crippen LogP contribution in [0.3, 0.4) is 0 Å². The number of methoxy groups -OCH3 is 2. The SMILES string of the molecule is COCCN(CCC(=O)OC)C(=O)c1cccc(Cl)c1Cl. The molecule has 5 nitrogen and oxygen atoms in total. The summed E-state index contributed by atoms with van der Waals surface area (Å²) in [5, 5.41) is 0.506.